The fraction of sp³-hybridized carbons (Fsp3) is 0.367. The number of aromatic nitrogens is 3. The quantitative estimate of drug-likeness (QED) is 0.328. The number of carbonyl (C=O) groups excluding carboxylic acids is 2. The fourth-order valence-corrected chi connectivity index (χ4v) is 3.34. The van der Waals surface area contributed by atoms with Crippen LogP contribution in [0.25, 0.3) is 5.57 Å². The Labute approximate surface area is 231 Å². The van der Waals surface area contributed by atoms with E-state index in [4.69, 9.17) is 5.41 Å². The lowest BCUT2D eigenvalue weighted by atomic mass is 10.1. The van der Waals surface area contributed by atoms with Crippen molar-refractivity contribution < 1.29 is 14.0 Å². The Bertz CT molecular complexity index is 1140. The highest BCUT2D eigenvalue weighted by atomic mass is 19.1. The summed E-state index contributed by atoms with van der Waals surface area (Å²) in [5.74, 6) is 0.491. The zero-order valence-corrected chi connectivity index (χ0v) is 23.7. The number of carbonyl (C=O) groups is 2. The number of aldehydes is 1. The molecular weight excluding hydrogens is 495 g/mol. The third-order valence-corrected chi connectivity index (χ3v) is 5.62. The van der Waals surface area contributed by atoms with E-state index in [0.717, 1.165) is 68.0 Å². The molecule has 0 atom stereocenters. The number of aryl methyl sites for hydroxylation is 1. The van der Waals surface area contributed by atoms with Gasteiger partial charge in [0.1, 0.15) is 17.9 Å². The Kier molecular flexibility index (Phi) is 16.2. The van der Waals surface area contributed by atoms with Gasteiger partial charge in [0.15, 0.2) is 0 Å². The zero-order valence-electron chi connectivity index (χ0n) is 23.7. The van der Waals surface area contributed by atoms with Crippen LogP contribution in [0.2, 0.25) is 0 Å². The fourth-order valence-electron chi connectivity index (χ4n) is 3.34. The first-order valence-electron chi connectivity index (χ1n) is 13.1. The Hall–Kier alpha value is -3.98. The molecule has 39 heavy (non-hydrogen) atoms. The van der Waals surface area contributed by atoms with Crippen LogP contribution in [-0.2, 0) is 16.0 Å². The highest BCUT2D eigenvalue weighted by molar-refractivity contribution is 6.10. The lowest BCUT2D eigenvalue weighted by molar-refractivity contribution is -0.119. The minimum Gasteiger partial charge on any atom is -0.343 e. The van der Waals surface area contributed by atoms with E-state index in [2.05, 4.69) is 26.9 Å². The summed E-state index contributed by atoms with van der Waals surface area (Å²) in [5, 5.41) is 8.05. The summed E-state index contributed by atoms with van der Waals surface area (Å²) in [6.45, 7) is 11.8. The second kappa shape index (κ2) is 19.1. The van der Waals surface area contributed by atoms with Gasteiger partial charge in [0.25, 0.3) is 0 Å². The van der Waals surface area contributed by atoms with E-state index in [9.17, 15) is 14.0 Å². The Balaban J connectivity index is 0.000000317. The molecule has 2 aromatic heterocycles. The van der Waals surface area contributed by atoms with Gasteiger partial charge in [-0.25, -0.2) is 9.37 Å². The predicted molar refractivity (Wildman–Crippen MR) is 155 cm³/mol. The van der Waals surface area contributed by atoms with Crippen molar-refractivity contribution >= 4 is 24.0 Å². The number of likely N-dealkylation sites (N-methyl/N-ethyl adjacent to an activating group) is 1. The van der Waals surface area contributed by atoms with Gasteiger partial charge in [0.05, 0.1) is 5.71 Å². The molecule has 1 aliphatic rings. The van der Waals surface area contributed by atoms with Crippen LogP contribution in [0.4, 0.5) is 4.39 Å². The third kappa shape index (κ3) is 12.9. The summed E-state index contributed by atoms with van der Waals surface area (Å²) in [5.41, 5.74) is 4.01. The van der Waals surface area contributed by atoms with E-state index in [1.165, 1.54) is 12.1 Å². The van der Waals surface area contributed by atoms with E-state index in [-0.39, 0.29) is 5.82 Å². The molecule has 1 fully saturated rings. The maximum atomic E-state index is 12.8. The first kappa shape index (κ1) is 33.0. The first-order valence-corrected chi connectivity index (χ1v) is 13.1. The molecule has 3 heterocycles. The second-order valence-electron chi connectivity index (χ2n) is 8.53. The van der Waals surface area contributed by atoms with Crippen molar-refractivity contribution in [3.63, 3.8) is 0 Å². The molecule has 1 saturated heterocycles. The summed E-state index contributed by atoms with van der Waals surface area (Å²) in [6, 6.07) is 9.59. The molecule has 0 unspecified atom stereocenters. The van der Waals surface area contributed by atoms with E-state index in [0.29, 0.717) is 17.7 Å². The van der Waals surface area contributed by atoms with Gasteiger partial charge in [0, 0.05) is 56.9 Å². The van der Waals surface area contributed by atoms with E-state index >= 15 is 0 Å². The molecular formula is C30H41FN6O2. The largest absolute Gasteiger partial charge is 0.343 e. The van der Waals surface area contributed by atoms with Crippen molar-refractivity contribution in [3.8, 4) is 0 Å². The highest BCUT2D eigenvalue weighted by Gasteiger charge is 2.10. The van der Waals surface area contributed by atoms with Crippen LogP contribution in [-0.4, -0.2) is 76.4 Å². The molecule has 4 rings (SSSR count). The average Bonchev–Trinajstić information content (AvgIpc) is 3.41. The van der Waals surface area contributed by atoms with Gasteiger partial charge >= 0.3 is 0 Å². The van der Waals surface area contributed by atoms with Crippen LogP contribution < -0.4 is 0 Å². The number of benzene rings is 1. The maximum Gasteiger partial charge on any atom is 0.209 e. The second-order valence-corrected chi connectivity index (χ2v) is 8.53. The minimum atomic E-state index is -0.294. The summed E-state index contributed by atoms with van der Waals surface area (Å²) in [6.07, 6.45) is 9.96. The standard InChI is InChI=1S/C15H16FN3.C7H7NO.C6H12N2O.C2H6/c1-3-11(15-18-9-10(2)19-15)8-14(17)12-4-6-13(16)7-5-12;9-6-3-7-1-4-8-5-2-7;1-7-2-4-8(6-9)5-3-7;1-2/h4-9,17H,3H2,1-2H3,(H,18,19);1-2,4-6H,3H2;6H,2-5H2,1H3;1-2H3/b11-8-,17-14?;;;. The third-order valence-electron chi connectivity index (χ3n) is 5.62. The number of pyridine rings is 1. The number of hydrogen-bond acceptors (Lipinski definition) is 6. The lowest BCUT2D eigenvalue weighted by Gasteiger charge is -2.29. The number of nitrogens with zero attached hydrogens (tertiary/aromatic N) is 4. The van der Waals surface area contributed by atoms with Gasteiger partial charge in [-0.3, -0.25) is 9.78 Å². The van der Waals surface area contributed by atoms with Gasteiger partial charge in [-0.2, -0.15) is 0 Å². The van der Waals surface area contributed by atoms with Gasteiger partial charge in [-0.05, 0) is 79.6 Å². The van der Waals surface area contributed by atoms with Crippen LogP contribution >= 0.6 is 0 Å². The molecule has 0 saturated carbocycles. The molecule has 1 aliphatic heterocycles. The van der Waals surface area contributed by atoms with Crippen LogP contribution in [0.15, 0.2) is 61.1 Å². The van der Waals surface area contributed by atoms with Gasteiger partial charge in [0.2, 0.25) is 6.41 Å². The maximum absolute atomic E-state index is 12.8. The smallest absolute Gasteiger partial charge is 0.209 e. The summed E-state index contributed by atoms with van der Waals surface area (Å²) >= 11 is 0. The van der Waals surface area contributed by atoms with Crippen molar-refractivity contribution in [2.75, 3.05) is 33.2 Å². The molecule has 8 nitrogen and oxygen atoms in total. The number of H-pyrrole nitrogens is 1. The molecule has 9 heteroatoms. The van der Waals surface area contributed by atoms with E-state index in [1.54, 1.807) is 41.7 Å². The van der Waals surface area contributed by atoms with Crippen molar-refractivity contribution in [2.24, 2.45) is 0 Å². The Morgan fingerprint density at radius 3 is 2.15 bits per heavy atom. The first-order chi connectivity index (χ1) is 18.9. The van der Waals surface area contributed by atoms with Crippen LogP contribution in [0.3, 0.4) is 0 Å². The topological polar surface area (TPSA) is 106 Å². The summed E-state index contributed by atoms with van der Waals surface area (Å²) in [4.78, 5) is 35.4. The van der Waals surface area contributed by atoms with Gasteiger partial charge in [-0.15, -0.1) is 0 Å². The van der Waals surface area contributed by atoms with E-state index < -0.39 is 0 Å². The number of imidazole rings is 1. The number of halogens is 1. The number of nitrogens with one attached hydrogen (secondary N) is 2. The average molecular weight is 537 g/mol. The number of hydrogen-bond donors (Lipinski definition) is 2. The SMILES string of the molecule is CC.CC/C(=C/C(=N)c1ccc(F)cc1)c1ncc(C)[nH]1.CN1CCN(C=O)CC1.O=CCc1ccncc1. The molecule has 0 bridgehead atoms. The number of aromatic amines is 1. The van der Waals surface area contributed by atoms with Crippen molar-refractivity contribution in [1.82, 2.24) is 24.8 Å². The number of allylic oxidation sites excluding steroid dienone is 2. The highest BCUT2D eigenvalue weighted by Crippen LogP contribution is 2.16. The summed E-state index contributed by atoms with van der Waals surface area (Å²) < 4.78 is 12.8. The molecule has 2 N–H and O–H groups in total. The molecule has 1 aromatic carbocycles. The lowest BCUT2D eigenvalue weighted by Crippen LogP contribution is -2.43. The molecule has 3 aromatic rings. The van der Waals surface area contributed by atoms with Crippen LogP contribution in [0.1, 0.15) is 49.8 Å². The zero-order chi connectivity index (χ0) is 29.0. The number of piperazine rings is 1. The molecule has 210 valence electrons. The summed E-state index contributed by atoms with van der Waals surface area (Å²) in [7, 11) is 2.07. The van der Waals surface area contributed by atoms with Crippen molar-refractivity contribution in [2.45, 2.75) is 40.5 Å². The predicted octanol–water partition coefficient (Wildman–Crippen LogP) is 4.96. The minimum absolute atomic E-state index is 0.294. The van der Waals surface area contributed by atoms with Gasteiger partial charge in [-0.1, -0.05) is 20.8 Å². The van der Waals surface area contributed by atoms with Crippen LogP contribution in [0.5, 0.6) is 0 Å². The van der Waals surface area contributed by atoms with Crippen molar-refractivity contribution in [3.05, 3.63) is 89.5 Å². The Morgan fingerprint density at radius 2 is 1.67 bits per heavy atom. The number of rotatable bonds is 7. The normalized spacial score (nSPS) is 13.0. The van der Waals surface area contributed by atoms with Crippen molar-refractivity contribution in [1.29, 1.82) is 5.41 Å². The molecule has 0 radical (unpaired) electrons. The van der Waals surface area contributed by atoms with Crippen LogP contribution in [0, 0.1) is 18.2 Å². The monoisotopic (exact) mass is 536 g/mol. The number of amides is 1. The molecule has 1 amide bonds. The Morgan fingerprint density at radius 1 is 1.05 bits per heavy atom. The van der Waals surface area contributed by atoms with E-state index in [1.807, 2.05) is 39.8 Å². The molecule has 0 spiro atoms. The molecule has 0 aliphatic carbocycles. The van der Waals surface area contributed by atoms with Gasteiger partial charge < -0.3 is 25.0 Å².